The molecule has 0 amide bonds. The maximum Gasteiger partial charge on any atom is 0.282 e. The second-order valence-electron chi connectivity index (χ2n) is 5.34. The van der Waals surface area contributed by atoms with Crippen molar-refractivity contribution in [2.24, 2.45) is 16.2 Å². The van der Waals surface area contributed by atoms with Gasteiger partial charge in [0.1, 0.15) is 0 Å². The van der Waals surface area contributed by atoms with Gasteiger partial charge in [-0.2, -0.15) is 12.8 Å². The monoisotopic (exact) mass is 335 g/mol. The van der Waals surface area contributed by atoms with Gasteiger partial charge in [-0.15, -0.1) is 0 Å². The first-order chi connectivity index (χ1) is 10.5. The maximum atomic E-state index is 12.4. The Morgan fingerprint density at radius 2 is 1.82 bits per heavy atom. The summed E-state index contributed by atoms with van der Waals surface area (Å²) in [6.45, 7) is 0. The largest absolute Gasteiger partial charge is 0.295 e. The standard InChI is InChI=1S/C16H14ClNO3S/c17-11-6-7-13-14(10-11)16(19)9-8-15(13)18-22(20,21)12-4-2-1-3-5-12/h1-6,8-9,13-14H,7,10H2/b18-15-/t13-,14+/m0/s1. The maximum absolute atomic E-state index is 12.4. The predicted molar refractivity (Wildman–Crippen MR) is 85.4 cm³/mol. The molecule has 114 valence electrons. The van der Waals surface area contributed by atoms with Gasteiger partial charge in [0.2, 0.25) is 0 Å². The minimum absolute atomic E-state index is 0.0210. The number of sulfonamides is 1. The van der Waals surface area contributed by atoms with Crippen LogP contribution < -0.4 is 0 Å². The molecule has 0 heterocycles. The number of halogens is 1. The molecule has 0 aromatic heterocycles. The van der Waals surface area contributed by atoms with Crippen LogP contribution in [0.25, 0.3) is 0 Å². The van der Waals surface area contributed by atoms with E-state index >= 15 is 0 Å². The van der Waals surface area contributed by atoms with Gasteiger partial charge >= 0.3 is 0 Å². The van der Waals surface area contributed by atoms with Gasteiger partial charge in [0, 0.05) is 16.9 Å². The van der Waals surface area contributed by atoms with Crippen LogP contribution in [0.4, 0.5) is 0 Å². The number of fused-ring (bicyclic) bond motifs is 1. The smallest absolute Gasteiger partial charge is 0.282 e. The van der Waals surface area contributed by atoms with Crippen molar-refractivity contribution in [2.75, 3.05) is 0 Å². The van der Waals surface area contributed by atoms with E-state index in [2.05, 4.69) is 4.40 Å². The van der Waals surface area contributed by atoms with E-state index in [1.807, 2.05) is 6.08 Å². The van der Waals surface area contributed by atoms with Gasteiger partial charge in [-0.1, -0.05) is 35.9 Å². The molecule has 3 rings (SSSR count). The summed E-state index contributed by atoms with van der Waals surface area (Å²) in [5, 5.41) is 0.648. The zero-order chi connectivity index (χ0) is 15.7. The van der Waals surface area contributed by atoms with Gasteiger partial charge in [-0.05, 0) is 37.1 Å². The zero-order valence-electron chi connectivity index (χ0n) is 11.6. The van der Waals surface area contributed by atoms with Gasteiger partial charge in [0.15, 0.2) is 5.78 Å². The number of ketones is 1. The van der Waals surface area contributed by atoms with Crippen LogP contribution in [-0.2, 0) is 14.8 Å². The molecule has 0 unspecified atom stereocenters. The highest BCUT2D eigenvalue weighted by molar-refractivity contribution is 7.90. The quantitative estimate of drug-likeness (QED) is 0.834. The summed E-state index contributed by atoms with van der Waals surface area (Å²) in [6.07, 6.45) is 5.72. The molecule has 2 atom stereocenters. The van der Waals surface area contributed by atoms with E-state index in [9.17, 15) is 13.2 Å². The molecule has 0 spiro atoms. The summed E-state index contributed by atoms with van der Waals surface area (Å²) >= 11 is 6.01. The Morgan fingerprint density at radius 3 is 2.55 bits per heavy atom. The summed E-state index contributed by atoms with van der Waals surface area (Å²) in [5.74, 6) is -0.557. The fourth-order valence-electron chi connectivity index (χ4n) is 2.78. The lowest BCUT2D eigenvalue weighted by Crippen LogP contribution is -2.34. The lowest BCUT2D eigenvalue weighted by atomic mass is 9.74. The first kappa shape index (κ1) is 15.2. The third-order valence-corrected chi connectivity index (χ3v) is 5.55. The van der Waals surface area contributed by atoms with E-state index in [4.69, 9.17) is 11.6 Å². The fraction of sp³-hybridized carbons (Fsp3) is 0.250. The molecule has 0 aliphatic heterocycles. The average Bonchev–Trinajstić information content (AvgIpc) is 2.51. The molecular formula is C16H14ClNO3S. The Kier molecular flexibility index (Phi) is 4.02. The molecule has 1 aromatic rings. The number of carbonyl (C=O) groups excluding carboxylic acids is 1. The Balaban J connectivity index is 2.00. The van der Waals surface area contributed by atoms with E-state index in [-0.39, 0.29) is 22.5 Å². The van der Waals surface area contributed by atoms with E-state index < -0.39 is 10.0 Å². The van der Waals surface area contributed by atoms with Gasteiger partial charge < -0.3 is 0 Å². The SMILES string of the molecule is O=C1C=C/C(=N/S(=O)(=O)c2ccccc2)[C@H]2CC=C(Cl)C[C@@H]12. The molecule has 22 heavy (non-hydrogen) atoms. The first-order valence-electron chi connectivity index (χ1n) is 6.94. The van der Waals surface area contributed by atoms with Crippen LogP contribution in [0.1, 0.15) is 12.8 Å². The number of rotatable bonds is 2. The Hall–Kier alpha value is -1.72. The summed E-state index contributed by atoms with van der Waals surface area (Å²) < 4.78 is 28.7. The number of nitrogens with zero attached hydrogens (tertiary/aromatic N) is 1. The van der Waals surface area contributed by atoms with Gasteiger partial charge in [-0.3, -0.25) is 4.79 Å². The number of hydrogen-bond acceptors (Lipinski definition) is 3. The summed E-state index contributed by atoms with van der Waals surface area (Å²) in [7, 11) is -3.77. The molecule has 6 heteroatoms. The van der Waals surface area contributed by atoms with Crippen LogP contribution in [0, 0.1) is 11.8 Å². The number of hydrogen-bond donors (Lipinski definition) is 0. The Bertz CT molecular complexity index is 794. The molecule has 0 fully saturated rings. The molecule has 2 aliphatic rings. The van der Waals surface area contributed by atoms with Crippen molar-refractivity contribution in [3.8, 4) is 0 Å². The van der Waals surface area contributed by atoms with Gasteiger partial charge in [0.25, 0.3) is 10.0 Å². The van der Waals surface area contributed by atoms with Crippen molar-refractivity contribution in [2.45, 2.75) is 17.7 Å². The highest BCUT2D eigenvalue weighted by atomic mass is 35.5. The molecule has 0 saturated carbocycles. The minimum Gasteiger partial charge on any atom is -0.295 e. The van der Waals surface area contributed by atoms with Crippen LogP contribution in [0.3, 0.4) is 0 Å². The molecule has 0 radical (unpaired) electrons. The molecule has 4 nitrogen and oxygen atoms in total. The topological polar surface area (TPSA) is 63.6 Å². The van der Waals surface area contributed by atoms with Crippen LogP contribution in [-0.4, -0.2) is 19.9 Å². The summed E-state index contributed by atoms with van der Waals surface area (Å²) in [4.78, 5) is 12.1. The third-order valence-electron chi connectivity index (χ3n) is 3.92. The van der Waals surface area contributed by atoms with Gasteiger partial charge in [-0.25, -0.2) is 0 Å². The first-order valence-corrected chi connectivity index (χ1v) is 8.75. The molecule has 0 bridgehead atoms. The normalized spacial score (nSPS) is 26.7. The van der Waals surface area contributed by atoms with Crippen LogP contribution in [0.2, 0.25) is 0 Å². The Morgan fingerprint density at radius 1 is 1.09 bits per heavy atom. The lowest BCUT2D eigenvalue weighted by Gasteiger charge is -2.30. The van der Waals surface area contributed by atoms with Crippen molar-refractivity contribution in [3.63, 3.8) is 0 Å². The van der Waals surface area contributed by atoms with Gasteiger partial charge in [0.05, 0.1) is 10.6 Å². The molecule has 0 N–H and O–H groups in total. The van der Waals surface area contributed by atoms with Crippen molar-refractivity contribution >= 4 is 33.1 Å². The van der Waals surface area contributed by atoms with E-state index in [0.717, 1.165) is 0 Å². The molecular weight excluding hydrogens is 322 g/mol. The average molecular weight is 336 g/mol. The minimum atomic E-state index is -3.77. The van der Waals surface area contributed by atoms with Crippen molar-refractivity contribution < 1.29 is 13.2 Å². The molecule has 2 aliphatic carbocycles. The third kappa shape index (κ3) is 2.91. The van der Waals surface area contributed by atoms with Crippen LogP contribution >= 0.6 is 11.6 Å². The van der Waals surface area contributed by atoms with E-state index in [0.29, 0.717) is 23.6 Å². The zero-order valence-corrected chi connectivity index (χ0v) is 13.2. The van der Waals surface area contributed by atoms with E-state index in [1.54, 1.807) is 18.2 Å². The fourth-order valence-corrected chi connectivity index (χ4v) is 4.11. The van der Waals surface area contributed by atoms with Crippen LogP contribution in [0.15, 0.2) is 62.9 Å². The van der Waals surface area contributed by atoms with Crippen LogP contribution in [0.5, 0.6) is 0 Å². The lowest BCUT2D eigenvalue weighted by molar-refractivity contribution is -0.119. The Labute approximate surface area is 134 Å². The van der Waals surface area contributed by atoms with E-state index in [1.165, 1.54) is 24.3 Å². The molecule has 0 saturated heterocycles. The summed E-state index contributed by atoms with van der Waals surface area (Å²) in [6, 6.07) is 8.06. The highest BCUT2D eigenvalue weighted by Gasteiger charge is 2.36. The van der Waals surface area contributed by atoms with Crippen molar-refractivity contribution in [1.29, 1.82) is 0 Å². The highest BCUT2D eigenvalue weighted by Crippen LogP contribution is 2.36. The number of allylic oxidation sites excluding steroid dienone is 4. The van der Waals surface area contributed by atoms with Crippen molar-refractivity contribution in [1.82, 2.24) is 0 Å². The number of carbonyl (C=O) groups is 1. The number of benzene rings is 1. The molecule has 1 aromatic carbocycles. The second-order valence-corrected chi connectivity index (χ2v) is 7.43. The summed E-state index contributed by atoms with van der Waals surface area (Å²) in [5.41, 5.74) is 0.425. The van der Waals surface area contributed by atoms with Crippen molar-refractivity contribution in [3.05, 3.63) is 53.6 Å². The second kappa shape index (κ2) is 5.82. The predicted octanol–water partition coefficient (Wildman–Crippen LogP) is 3.10.